The third-order valence-electron chi connectivity index (χ3n) is 5.61. The Morgan fingerprint density at radius 3 is 2.61 bits per heavy atom. The van der Waals surface area contributed by atoms with E-state index in [9.17, 15) is 0 Å². The Balaban J connectivity index is 1.86. The van der Waals surface area contributed by atoms with Gasteiger partial charge >= 0.3 is 0 Å². The first-order valence-electron chi connectivity index (χ1n) is 10.3. The lowest BCUT2D eigenvalue weighted by Gasteiger charge is -2.18. The largest absolute Gasteiger partial charge is 0.384 e. The molecule has 144 valence electrons. The van der Waals surface area contributed by atoms with Gasteiger partial charge in [-0.1, -0.05) is 59.7 Å². The molecule has 1 atom stereocenters. The van der Waals surface area contributed by atoms with E-state index >= 15 is 0 Å². The normalized spacial score (nSPS) is 13.7. The molecule has 0 saturated carbocycles. The van der Waals surface area contributed by atoms with Crippen LogP contribution in [0.2, 0.25) is 0 Å². The SMILES string of the molecule is CC(C)=CCc1cccc2c([C@@H](C=C(C)C)c3cccc4c3NCC4)c[nH]c12. The molecule has 4 rings (SSSR count). The van der Waals surface area contributed by atoms with Crippen LogP contribution < -0.4 is 5.32 Å². The van der Waals surface area contributed by atoms with Crippen molar-refractivity contribution >= 4 is 16.6 Å². The molecule has 2 heterocycles. The molecule has 0 fully saturated rings. The van der Waals surface area contributed by atoms with Gasteiger partial charge in [0, 0.05) is 35.2 Å². The highest BCUT2D eigenvalue weighted by Crippen LogP contribution is 2.39. The molecule has 0 aliphatic carbocycles. The molecule has 0 unspecified atom stereocenters. The molecule has 1 aliphatic rings. The lowest BCUT2D eigenvalue weighted by Crippen LogP contribution is -2.03. The molecule has 0 spiro atoms. The summed E-state index contributed by atoms with van der Waals surface area (Å²) < 4.78 is 0. The van der Waals surface area contributed by atoms with E-state index in [0.29, 0.717) is 0 Å². The Bertz CT molecular complexity index is 1060. The lowest BCUT2D eigenvalue weighted by atomic mass is 9.87. The number of aromatic nitrogens is 1. The summed E-state index contributed by atoms with van der Waals surface area (Å²) in [7, 11) is 0. The summed E-state index contributed by atoms with van der Waals surface area (Å²) in [6.45, 7) is 9.74. The molecule has 1 aliphatic heterocycles. The highest BCUT2D eigenvalue weighted by molar-refractivity contribution is 5.88. The Labute approximate surface area is 168 Å². The molecule has 0 amide bonds. The molecule has 2 nitrogen and oxygen atoms in total. The van der Waals surface area contributed by atoms with Crippen LogP contribution in [-0.4, -0.2) is 11.5 Å². The standard InChI is InChI=1S/C26H30N2/c1-17(2)11-12-19-7-5-10-22-24(16-28-26(19)22)23(15-18(3)4)21-9-6-8-20-13-14-27-25(20)21/h5-11,15-16,23,27-28H,12-14H2,1-4H3/t23-/m0/s1. The Hall–Kier alpha value is -2.74. The third kappa shape index (κ3) is 3.52. The minimum atomic E-state index is 0.248. The molecule has 3 aromatic rings. The zero-order chi connectivity index (χ0) is 19.7. The fraction of sp³-hybridized carbons (Fsp3) is 0.308. The lowest BCUT2D eigenvalue weighted by molar-refractivity contribution is 1.02. The van der Waals surface area contributed by atoms with E-state index in [4.69, 9.17) is 0 Å². The van der Waals surface area contributed by atoms with Crippen LogP contribution in [0.5, 0.6) is 0 Å². The van der Waals surface area contributed by atoms with Crippen LogP contribution in [0.15, 0.2) is 65.9 Å². The van der Waals surface area contributed by atoms with Crippen LogP contribution in [0.25, 0.3) is 10.9 Å². The summed E-state index contributed by atoms with van der Waals surface area (Å²) in [4.78, 5) is 3.59. The fourth-order valence-electron chi connectivity index (χ4n) is 4.29. The van der Waals surface area contributed by atoms with Crippen molar-refractivity contribution in [1.82, 2.24) is 4.98 Å². The predicted octanol–water partition coefficient (Wildman–Crippen LogP) is 6.74. The second-order valence-electron chi connectivity index (χ2n) is 8.35. The maximum Gasteiger partial charge on any atom is 0.0492 e. The first-order chi connectivity index (χ1) is 13.5. The van der Waals surface area contributed by atoms with Crippen molar-refractivity contribution < 1.29 is 0 Å². The van der Waals surface area contributed by atoms with Gasteiger partial charge in [-0.2, -0.15) is 0 Å². The van der Waals surface area contributed by atoms with Gasteiger partial charge in [0.25, 0.3) is 0 Å². The van der Waals surface area contributed by atoms with Crippen molar-refractivity contribution in [2.24, 2.45) is 0 Å². The summed E-state index contributed by atoms with van der Waals surface area (Å²) in [6.07, 6.45) is 9.01. The second kappa shape index (κ2) is 7.71. The minimum absolute atomic E-state index is 0.248. The van der Waals surface area contributed by atoms with Gasteiger partial charge in [0.15, 0.2) is 0 Å². The predicted molar refractivity (Wildman–Crippen MR) is 121 cm³/mol. The van der Waals surface area contributed by atoms with Gasteiger partial charge in [-0.3, -0.25) is 0 Å². The number of aromatic amines is 1. The minimum Gasteiger partial charge on any atom is -0.384 e. The molecule has 2 N–H and O–H groups in total. The van der Waals surface area contributed by atoms with E-state index in [1.807, 2.05) is 0 Å². The zero-order valence-corrected chi connectivity index (χ0v) is 17.4. The van der Waals surface area contributed by atoms with E-state index in [1.165, 1.54) is 50.0 Å². The number of anilines is 1. The second-order valence-corrected chi connectivity index (χ2v) is 8.35. The monoisotopic (exact) mass is 370 g/mol. The van der Waals surface area contributed by atoms with Crippen LogP contribution in [0.3, 0.4) is 0 Å². The highest BCUT2D eigenvalue weighted by Gasteiger charge is 2.23. The van der Waals surface area contributed by atoms with Crippen LogP contribution in [0.4, 0.5) is 5.69 Å². The first kappa shape index (κ1) is 18.6. The summed E-state index contributed by atoms with van der Waals surface area (Å²) >= 11 is 0. The maximum absolute atomic E-state index is 3.63. The quantitative estimate of drug-likeness (QED) is 0.478. The number of nitrogens with one attached hydrogen (secondary N) is 2. The molecule has 0 radical (unpaired) electrons. The Morgan fingerprint density at radius 1 is 1.00 bits per heavy atom. The number of fused-ring (bicyclic) bond motifs is 2. The van der Waals surface area contributed by atoms with E-state index in [1.54, 1.807) is 0 Å². The van der Waals surface area contributed by atoms with Gasteiger partial charge in [-0.15, -0.1) is 0 Å². The highest BCUT2D eigenvalue weighted by atomic mass is 14.9. The van der Waals surface area contributed by atoms with E-state index in [2.05, 4.69) is 92.7 Å². The summed E-state index contributed by atoms with van der Waals surface area (Å²) in [5, 5.41) is 4.96. The number of allylic oxidation sites excluding steroid dienone is 4. The summed E-state index contributed by atoms with van der Waals surface area (Å²) in [5.74, 6) is 0.248. The number of benzene rings is 2. The van der Waals surface area contributed by atoms with Gasteiger partial charge in [0.1, 0.15) is 0 Å². The molecule has 0 bridgehead atoms. The average molecular weight is 371 g/mol. The number of hydrogen-bond acceptors (Lipinski definition) is 1. The summed E-state index contributed by atoms with van der Waals surface area (Å²) in [6, 6.07) is 13.4. The van der Waals surface area contributed by atoms with Gasteiger partial charge < -0.3 is 10.3 Å². The van der Waals surface area contributed by atoms with E-state index in [0.717, 1.165) is 19.4 Å². The van der Waals surface area contributed by atoms with E-state index in [-0.39, 0.29) is 5.92 Å². The van der Waals surface area contributed by atoms with Crippen molar-refractivity contribution in [2.45, 2.75) is 46.5 Å². The van der Waals surface area contributed by atoms with Crippen LogP contribution in [0.1, 0.15) is 55.9 Å². The Morgan fingerprint density at radius 2 is 1.82 bits per heavy atom. The van der Waals surface area contributed by atoms with Gasteiger partial charge in [-0.05, 0) is 62.8 Å². The van der Waals surface area contributed by atoms with Gasteiger partial charge in [0.05, 0.1) is 0 Å². The van der Waals surface area contributed by atoms with Crippen molar-refractivity contribution in [2.75, 3.05) is 11.9 Å². The zero-order valence-electron chi connectivity index (χ0n) is 17.4. The molecule has 1 aromatic heterocycles. The average Bonchev–Trinajstić information content (AvgIpc) is 3.31. The number of H-pyrrole nitrogens is 1. The van der Waals surface area contributed by atoms with Crippen molar-refractivity contribution in [3.05, 3.63) is 88.1 Å². The van der Waals surface area contributed by atoms with Crippen molar-refractivity contribution in [1.29, 1.82) is 0 Å². The molecular formula is C26H30N2. The maximum atomic E-state index is 3.63. The van der Waals surface area contributed by atoms with E-state index < -0.39 is 0 Å². The summed E-state index contributed by atoms with van der Waals surface area (Å²) in [5.41, 5.74) is 10.8. The van der Waals surface area contributed by atoms with Gasteiger partial charge in [0.2, 0.25) is 0 Å². The number of para-hydroxylation sites is 2. The molecule has 28 heavy (non-hydrogen) atoms. The molecule has 0 saturated heterocycles. The molecule has 2 aromatic carbocycles. The fourth-order valence-corrected chi connectivity index (χ4v) is 4.29. The smallest absolute Gasteiger partial charge is 0.0492 e. The first-order valence-corrected chi connectivity index (χ1v) is 10.3. The van der Waals surface area contributed by atoms with Crippen molar-refractivity contribution in [3.63, 3.8) is 0 Å². The van der Waals surface area contributed by atoms with Gasteiger partial charge in [-0.25, -0.2) is 0 Å². The number of hydrogen-bond donors (Lipinski definition) is 2. The van der Waals surface area contributed by atoms with Crippen molar-refractivity contribution in [3.8, 4) is 0 Å². The van der Waals surface area contributed by atoms with Crippen LogP contribution in [0, 0.1) is 0 Å². The molecule has 2 heteroatoms. The topological polar surface area (TPSA) is 27.8 Å². The Kier molecular flexibility index (Phi) is 5.13. The van der Waals surface area contributed by atoms with Crippen LogP contribution in [-0.2, 0) is 12.8 Å². The molecular weight excluding hydrogens is 340 g/mol. The van der Waals surface area contributed by atoms with Crippen LogP contribution >= 0.6 is 0 Å². The third-order valence-corrected chi connectivity index (χ3v) is 5.61. The number of rotatable bonds is 5.